The summed E-state index contributed by atoms with van der Waals surface area (Å²) in [5.41, 5.74) is 3.16. The Hall–Kier alpha value is -1.22. The Kier molecular flexibility index (Phi) is 4.04. The largest absolute Gasteiger partial charge is 0.511 e. The van der Waals surface area contributed by atoms with E-state index in [4.69, 9.17) is 4.42 Å². The molecule has 0 unspecified atom stereocenters. The second-order valence-corrected chi connectivity index (χ2v) is 6.36. The van der Waals surface area contributed by atoms with E-state index in [0.717, 1.165) is 10.9 Å². The van der Waals surface area contributed by atoms with Gasteiger partial charge in [-0.15, -0.1) is 0 Å². The minimum absolute atomic E-state index is 0.0237. The third kappa shape index (κ3) is 3.21. The number of alkyl halides is 1. The van der Waals surface area contributed by atoms with Crippen molar-refractivity contribution >= 4 is 21.5 Å². The Balaban J connectivity index is 2.54. The van der Waals surface area contributed by atoms with Crippen molar-refractivity contribution < 1.29 is 9.52 Å². The Morgan fingerprint density at radius 3 is 2.58 bits per heavy atom. The first-order valence-electron chi connectivity index (χ1n) is 6.35. The second kappa shape index (κ2) is 5.41. The molecule has 1 aliphatic carbocycles. The molecule has 0 radical (unpaired) electrons. The summed E-state index contributed by atoms with van der Waals surface area (Å²) >= 11 is 3.48. The van der Waals surface area contributed by atoms with Crippen molar-refractivity contribution in [2.24, 2.45) is 5.41 Å². The first-order valence-corrected chi connectivity index (χ1v) is 7.47. The van der Waals surface area contributed by atoms with Crippen LogP contribution in [-0.2, 0) is 0 Å². The molecule has 0 spiro atoms. The molecule has 0 aromatic carbocycles. The van der Waals surface area contributed by atoms with Gasteiger partial charge in [-0.3, -0.25) is 0 Å². The Labute approximate surface area is 122 Å². The molecule has 19 heavy (non-hydrogen) atoms. The molecule has 0 amide bonds. The maximum atomic E-state index is 10.3. The van der Waals surface area contributed by atoms with Crippen molar-refractivity contribution in [1.82, 2.24) is 0 Å². The van der Waals surface area contributed by atoms with Crippen molar-refractivity contribution in [2.45, 2.75) is 27.2 Å². The molecule has 3 heteroatoms. The number of hydrogen-bond acceptors (Lipinski definition) is 2. The van der Waals surface area contributed by atoms with Gasteiger partial charge in [-0.1, -0.05) is 48.4 Å². The van der Waals surface area contributed by atoms with E-state index in [1.54, 1.807) is 6.26 Å². The molecule has 0 saturated heterocycles. The first kappa shape index (κ1) is 14.2. The van der Waals surface area contributed by atoms with Gasteiger partial charge >= 0.3 is 0 Å². The first-order chi connectivity index (χ1) is 8.91. The van der Waals surface area contributed by atoms with Crippen molar-refractivity contribution in [3.05, 3.63) is 53.2 Å². The Morgan fingerprint density at radius 2 is 2.05 bits per heavy atom. The number of allylic oxidation sites excluding steroid dienone is 5. The highest BCUT2D eigenvalue weighted by molar-refractivity contribution is 9.09. The number of halogens is 1. The molecule has 0 fully saturated rings. The fourth-order valence-electron chi connectivity index (χ4n) is 2.03. The third-order valence-electron chi connectivity index (χ3n) is 3.19. The fraction of sp³-hybridized carbons (Fsp3) is 0.375. The van der Waals surface area contributed by atoms with Gasteiger partial charge in [-0.2, -0.15) is 0 Å². The van der Waals surface area contributed by atoms with Crippen LogP contribution in [0.2, 0.25) is 0 Å². The predicted molar refractivity (Wildman–Crippen MR) is 82.3 cm³/mol. The molecule has 1 aromatic rings. The van der Waals surface area contributed by atoms with E-state index in [0.29, 0.717) is 17.9 Å². The van der Waals surface area contributed by atoms with Gasteiger partial charge in [0.15, 0.2) is 0 Å². The van der Waals surface area contributed by atoms with Gasteiger partial charge in [-0.25, -0.2) is 0 Å². The number of aliphatic hydroxyl groups excluding tert-OH is 1. The predicted octanol–water partition coefficient (Wildman–Crippen LogP) is 5.25. The van der Waals surface area contributed by atoms with E-state index in [-0.39, 0.29) is 5.41 Å². The number of furan rings is 1. The molecular formula is C16H19BrO2. The summed E-state index contributed by atoms with van der Waals surface area (Å²) in [5, 5.41) is 11.1. The van der Waals surface area contributed by atoms with Crippen LogP contribution in [0.25, 0.3) is 5.57 Å². The van der Waals surface area contributed by atoms with Crippen LogP contribution in [0.15, 0.2) is 51.9 Å². The minimum Gasteiger partial charge on any atom is -0.511 e. The molecular weight excluding hydrogens is 304 g/mol. The maximum Gasteiger partial charge on any atom is 0.137 e. The summed E-state index contributed by atoms with van der Waals surface area (Å²) in [6.07, 6.45) is 6.38. The highest BCUT2D eigenvalue weighted by atomic mass is 79.9. The van der Waals surface area contributed by atoms with E-state index in [2.05, 4.69) is 42.8 Å². The van der Waals surface area contributed by atoms with E-state index < -0.39 is 0 Å². The lowest BCUT2D eigenvalue weighted by Gasteiger charge is -2.20. The molecule has 0 atom stereocenters. The second-order valence-electron chi connectivity index (χ2n) is 5.80. The molecule has 1 heterocycles. The molecule has 2 rings (SSSR count). The topological polar surface area (TPSA) is 33.4 Å². The van der Waals surface area contributed by atoms with Crippen LogP contribution in [0.4, 0.5) is 0 Å². The van der Waals surface area contributed by atoms with E-state index in [9.17, 15) is 5.11 Å². The van der Waals surface area contributed by atoms with Crippen LogP contribution in [-0.4, -0.2) is 10.4 Å². The average Bonchev–Trinajstić information content (AvgIpc) is 2.78. The molecule has 0 bridgehead atoms. The molecule has 2 nitrogen and oxygen atoms in total. The van der Waals surface area contributed by atoms with Gasteiger partial charge < -0.3 is 9.52 Å². The molecule has 1 aromatic heterocycles. The van der Waals surface area contributed by atoms with E-state index in [1.165, 1.54) is 11.1 Å². The molecule has 1 aliphatic rings. The van der Waals surface area contributed by atoms with Crippen molar-refractivity contribution in [3.8, 4) is 0 Å². The number of hydrogen-bond donors (Lipinski definition) is 1. The van der Waals surface area contributed by atoms with Gasteiger partial charge in [0.25, 0.3) is 0 Å². The van der Waals surface area contributed by atoms with Crippen LogP contribution < -0.4 is 0 Å². The summed E-state index contributed by atoms with van der Waals surface area (Å²) < 4.78 is 5.43. The quantitative estimate of drug-likeness (QED) is 0.755. The summed E-state index contributed by atoms with van der Waals surface area (Å²) in [6, 6.07) is 3.71. The Morgan fingerprint density at radius 1 is 1.32 bits per heavy atom. The molecule has 0 saturated carbocycles. The molecule has 1 N–H and O–H groups in total. The van der Waals surface area contributed by atoms with Crippen LogP contribution in [0.5, 0.6) is 0 Å². The van der Waals surface area contributed by atoms with Crippen molar-refractivity contribution in [3.63, 3.8) is 0 Å². The summed E-state index contributed by atoms with van der Waals surface area (Å²) in [4.78, 5) is 0. The lowest BCUT2D eigenvalue weighted by Crippen LogP contribution is -2.08. The van der Waals surface area contributed by atoms with Gasteiger partial charge in [0, 0.05) is 11.8 Å². The Bertz CT molecular complexity index is 540. The van der Waals surface area contributed by atoms with Crippen LogP contribution in [0, 0.1) is 5.41 Å². The smallest absolute Gasteiger partial charge is 0.137 e. The minimum atomic E-state index is 0.0237. The highest BCUT2D eigenvalue weighted by Gasteiger charge is 2.21. The lowest BCUT2D eigenvalue weighted by atomic mass is 9.84. The molecule has 0 aliphatic heterocycles. The van der Waals surface area contributed by atoms with Gasteiger partial charge in [0.1, 0.15) is 11.5 Å². The zero-order chi connectivity index (χ0) is 14.0. The normalized spacial score (nSPS) is 17.1. The van der Waals surface area contributed by atoms with Crippen LogP contribution in [0.1, 0.15) is 33.0 Å². The van der Waals surface area contributed by atoms with E-state index in [1.807, 2.05) is 18.2 Å². The van der Waals surface area contributed by atoms with E-state index >= 15 is 0 Å². The monoisotopic (exact) mass is 322 g/mol. The SMILES string of the molecule is CC(C)(C)C1=CC(c2ccco2)=C(O)CC(CBr)=C1. The highest BCUT2D eigenvalue weighted by Crippen LogP contribution is 2.36. The maximum absolute atomic E-state index is 10.3. The molecule has 102 valence electrons. The fourth-order valence-corrected chi connectivity index (χ4v) is 2.39. The number of aliphatic hydroxyl groups is 1. The van der Waals surface area contributed by atoms with Gasteiger partial charge in [0.05, 0.1) is 11.8 Å². The van der Waals surface area contributed by atoms with Crippen LogP contribution in [0.3, 0.4) is 0 Å². The standard InChI is InChI=1S/C16H19BrO2/c1-16(2,3)12-7-11(10-17)8-14(18)13(9-12)15-5-4-6-19-15/h4-7,9,18H,8,10H2,1-3H3. The summed E-state index contributed by atoms with van der Waals surface area (Å²) in [6.45, 7) is 6.51. The zero-order valence-corrected chi connectivity index (χ0v) is 13.1. The average molecular weight is 323 g/mol. The summed E-state index contributed by atoms with van der Waals surface area (Å²) in [5.74, 6) is 1.07. The third-order valence-corrected chi connectivity index (χ3v) is 3.91. The lowest BCUT2D eigenvalue weighted by molar-refractivity contribution is 0.400. The van der Waals surface area contributed by atoms with Gasteiger partial charge in [0.2, 0.25) is 0 Å². The summed E-state index contributed by atoms with van der Waals surface area (Å²) in [7, 11) is 0. The van der Waals surface area contributed by atoms with Crippen LogP contribution >= 0.6 is 15.9 Å². The van der Waals surface area contributed by atoms with Crippen molar-refractivity contribution in [2.75, 3.05) is 5.33 Å². The van der Waals surface area contributed by atoms with Crippen molar-refractivity contribution in [1.29, 1.82) is 0 Å². The van der Waals surface area contributed by atoms with Gasteiger partial charge in [-0.05, 0) is 29.2 Å². The zero-order valence-electron chi connectivity index (χ0n) is 11.5. The number of rotatable bonds is 2.